The molecular weight excluding hydrogens is 470 g/mol. The number of amides is 3. The largest absolute Gasteiger partial charge is 0.480 e. The van der Waals surface area contributed by atoms with Crippen molar-refractivity contribution < 1.29 is 24.3 Å². The number of rotatable bonds is 9. The Balaban J connectivity index is 1.53. The van der Waals surface area contributed by atoms with Gasteiger partial charge in [0.25, 0.3) is 0 Å². The number of thiol groups is 1. The number of aromatic amines is 1. The molecular formula is C24H31N5O5S. The lowest BCUT2D eigenvalue weighted by Crippen LogP contribution is -2.57. The van der Waals surface area contributed by atoms with Gasteiger partial charge in [0.1, 0.15) is 18.1 Å². The summed E-state index contributed by atoms with van der Waals surface area (Å²) in [5.41, 5.74) is 1.71. The Morgan fingerprint density at radius 2 is 1.91 bits per heavy atom. The summed E-state index contributed by atoms with van der Waals surface area (Å²) < 4.78 is 0. The number of nitrogens with one attached hydrogen (secondary N) is 4. The molecule has 0 bridgehead atoms. The molecule has 2 saturated heterocycles. The molecule has 188 valence electrons. The van der Waals surface area contributed by atoms with Gasteiger partial charge < -0.3 is 30.9 Å². The van der Waals surface area contributed by atoms with Crippen molar-refractivity contribution in [2.45, 2.75) is 56.3 Å². The van der Waals surface area contributed by atoms with Crippen LogP contribution >= 0.6 is 12.6 Å². The van der Waals surface area contributed by atoms with Crippen molar-refractivity contribution in [2.24, 2.45) is 0 Å². The maximum Gasteiger partial charge on any atom is 0.327 e. The molecule has 1 aromatic heterocycles. The van der Waals surface area contributed by atoms with E-state index in [-0.39, 0.29) is 24.1 Å². The molecule has 0 spiro atoms. The maximum atomic E-state index is 13.3. The second kappa shape index (κ2) is 11.1. The predicted molar refractivity (Wildman–Crippen MR) is 133 cm³/mol. The number of carboxylic acid groups (broad SMARTS) is 1. The Labute approximate surface area is 208 Å². The van der Waals surface area contributed by atoms with E-state index in [1.807, 2.05) is 24.3 Å². The molecule has 5 N–H and O–H groups in total. The van der Waals surface area contributed by atoms with E-state index in [1.54, 1.807) is 11.1 Å². The lowest BCUT2D eigenvalue weighted by atomic mass is 10.0. The Morgan fingerprint density at radius 1 is 1.11 bits per heavy atom. The third kappa shape index (κ3) is 5.62. The molecule has 0 aliphatic carbocycles. The summed E-state index contributed by atoms with van der Waals surface area (Å²) in [4.78, 5) is 55.6. The maximum absolute atomic E-state index is 13.3. The first-order valence-electron chi connectivity index (χ1n) is 11.9. The number of aromatic nitrogens is 1. The molecule has 10 nitrogen and oxygen atoms in total. The number of aliphatic carboxylic acids is 1. The number of hydrogen-bond acceptors (Lipinski definition) is 6. The van der Waals surface area contributed by atoms with Crippen LogP contribution in [0.15, 0.2) is 30.5 Å². The summed E-state index contributed by atoms with van der Waals surface area (Å²) in [6.07, 6.45) is 4.82. The zero-order valence-corrected chi connectivity index (χ0v) is 20.2. The zero-order chi connectivity index (χ0) is 24.9. The molecule has 2 aliphatic heterocycles. The number of H-pyrrole nitrogens is 1. The van der Waals surface area contributed by atoms with Gasteiger partial charge in [0.05, 0.1) is 6.04 Å². The predicted octanol–water partition coefficient (Wildman–Crippen LogP) is 0.437. The van der Waals surface area contributed by atoms with Gasteiger partial charge in [0.2, 0.25) is 17.7 Å². The number of fused-ring (bicyclic) bond motifs is 1. The van der Waals surface area contributed by atoms with Gasteiger partial charge in [-0.2, -0.15) is 12.6 Å². The molecule has 1 aromatic carbocycles. The third-order valence-electron chi connectivity index (χ3n) is 6.73. The summed E-state index contributed by atoms with van der Waals surface area (Å²) in [6.45, 7) is 1.28. The van der Waals surface area contributed by atoms with Crippen LogP contribution in [-0.2, 0) is 25.6 Å². The highest BCUT2D eigenvalue weighted by atomic mass is 32.1. The smallest absolute Gasteiger partial charge is 0.327 e. The molecule has 2 aromatic rings. The van der Waals surface area contributed by atoms with E-state index in [9.17, 15) is 24.3 Å². The van der Waals surface area contributed by atoms with E-state index < -0.39 is 35.9 Å². The van der Waals surface area contributed by atoms with Crippen LogP contribution in [0.4, 0.5) is 0 Å². The number of hydrogen-bond donors (Lipinski definition) is 6. The van der Waals surface area contributed by atoms with Crippen molar-refractivity contribution in [1.82, 2.24) is 25.8 Å². The summed E-state index contributed by atoms with van der Waals surface area (Å²) >= 11 is 4.02. The fourth-order valence-corrected chi connectivity index (χ4v) is 5.10. The van der Waals surface area contributed by atoms with Crippen LogP contribution in [0.5, 0.6) is 0 Å². The summed E-state index contributed by atoms with van der Waals surface area (Å²) in [6, 6.07) is 4.45. The topological polar surface area (TPSA) is 144 Å². The number of nitrogens with zero attached hydrogens (tertiary/aromatic N) is 1. The average Bonchev–Trinajstić information content (AvgIpc) is 3.62. The van der Waals surface area contributed by atoms with Gasteiger partial charge in [0, 0.05) is 35.8 Å². The van der Waals surface area contributed by atoms with E-state index in [0.29, 0.717) is 19.4 Å². The molecule has 0 radical (unpaired) electrons. The number of likely N-dealkylation sites (tertiary alicyclic amines) is 1. The van der Waals surface area contributed by atoms with Crippen molar-refractivity contribution in [3.05, 3.63) is 36.0 Å². The standard InChI is InChI=1S/C24H31N5O5S/c30-21(28-19(13-35)24(33)34)18(11-14-12-26-16-6-2-1-5-15(14)16)27-22(31)20-8-4-10-29(20)23(32)17-7-3-9-25-17/h1-2,5-6,12,17-20,25-26,35H,3-4,7-11,13H2,(H,27,31)(H,28,30)(H,33,34). The van der Waals surface area contributed by atoms with Crippen LogP contribution < -0.4 is 16.0 Å². The highest BCUT2D eigenvalue weighted by Gasteiger charge is 2.39. The molecule has 3 heterocycles. The quantitative estimate of drug-likeness (QED) is 0.275. The Kier molecular flexibility index (Phi) is 7.97. The fourth-order valence-electron chi connectivity index (χ4n) is 4.85. The minimum Gasteiger partial charge on any atom is -0.480 e. The van der Waals surface area contributed by atoms with Crippen LogP contribution in [0.25, 0.3) is 10.9 Å². The summed E-state index contributed by atoms with van der Waals surface area (Å²) in [7, 11) is 0. The molecule has 4 unspecified atom stereocenters. The van der Waals surface area contributed by atoms with E-state index in [0.717, 1.165) is 35.9 Å². The van der Waals surface area contributed by atoms with Crippen molar-refractivity contribution in [2.75, 3.05) is 18.8 Å². The van der Waals surface area contributed by atoms with Gasteiger partial charge in [-0.3, -0.25) is 14.4 Å². The number of carbonyl (C=O) groups excluding carboxylic acids is 3. The molecule has 35 heavy (non-hydrogen) atoms. The second-order valence-corrected chi connectivity index (χ2v) is 9.41. The molecule has 2 aliphatic rings. The SMILES string of the molecule is O=C(O)C(CS)NC(=O)C(Cc1c[nH]c2ccccc12)NC(=O)C1CCCN1C(=O)C1CCCN1. The zero-order valence-electron chi connectivity index (χ0n) is 19.3. The highest BCUT2D eigenvalue weighted by molar-refractivity contribution is 7.80. The first kappa shape index (κ1) is 25.1. The van der Waals surface area contributed by atoms with Crippen molar-refractivity contribution in [1.29, 1.82) is 0 Å². The van der Waals surface area contributed by atoms with E-state index >= 15 is 0 Å². The van der Waals surface area contributed by atoms with Crippen LogP contribution in [-0.4, -0.2) is 81.7 Å². The average molecular weight is 502 g/mol. The van der Waals surface area contributed by atoms with Gasteiger partial charge in [-0.15, -0.1) is 0 Å². The van der Waals surface area contributed by atoms with Crippen LogP contribution in [0, 0.1) is 0 Å². The Bertz CT molecular complexity index is 1100. The summed E-state index contributed by atoms with van der Waals surface area (Å²) in [5, 5.41) is 18.7. The highest BCUT2D eigenvalue weighted by Crippen LogP contribution is 2.22. The van der Waals surface area contributed by atoms with E-state index in [4.69, 9.17) is 0 Å². The molecule has 11 heteroatoms. The van der Waals surface area contributed by atoms with Crippen molar-refractivity contribution >= 4 is 47.2 Å². The van der Waals surface area contributed by atoms with Crippen LogP contribution in [0.1, 0.15) is 31.2 Å². The first-order valence-corrected chi connectivity index (χ1v) is 12.6. The number of benzene rings is 1. The fraction of sp³-hybridized carbons (Fsp3) is 0.500. The van der Waals surface area contributed by atoms with Crippen molar-refractivity contribution in [3.8, 4) is 0 Å². The number of carboxylic acids is 1. The summed E-state index contributed by atoms with van der Waals surface area (Å²) in [5.74, 6) is -2.40. The molecule has 2 fully saturated rings. The second-order valence-electron chi connectivity index (χ2n) is 9.05. The lowest BCUT2D eigenvalue weighted by molar-refractivity contribution is -0.142. The third-order valence-corrected chi connectivity index (χ3v) is 7.09. The minimum absolute atomic E-state index is 0.0844. The normalized spacial score (nSPS) is 21.6. The first-order chi connectivity index (χ1) is 16.9. The molecule has 4 atom stereocenters. The molecule has 3 amide bonds. The van der Waals surface area contributed by atoms with E-state index in [2.05, 4.69) is 33.6 Å². The lowest BCUT2D eigenvalue weighted by Gasteiger charge is -2.28. The van der Waals surface area contributed by atoms with Crippen LogP contribution in [0.2, 0.25) is 0 Å². The Hall–Kier alpha value is -3.05. The van der Waals surface area contributed by atoms with Gasteiger partial charge in [0.15, 0.2) is 0 Å². The van der Waals surface area contributed by atoms with Gasteiger partial charge in [-0.25, -0.2) is 4.79 Å². The minimum atomic E-state index is -1.21. The van der Waals surface area contributed by atoms with Gasteiger partial charge in [-0.1, -0.05) is 18.2 Å². The number of para-hydroxylation sites is 1. The molecule has 0 saturated carbocycles. The van der Waals surface area contributed by atoms with Gasteiger partial charge >= 0.3 is 5.97 Å². The van der Waals surface area contributed by atoms with E-state index in [1.165, 1.54) is 0 Å². The van der Waals surface area contributed by atoms with Gasteiger partial charge in [-0.05, 0) is 43.9 Å². The molecule has 4 rings (SSSR count). The van der Waals surface area contributed by atoms with Crippen LogP contribution in [0.3, 0.4) is 0 Å². The Morgan fingerprint density at radius 3 is 2.63 bits per heavy atom. The van der Waals surface area contributed by atoms with Crippen molar-refractivity contribution in [3.63, 3.8) is 0 Å². The monoisotopic (exact) mass is 501 g/mol. The number of carbonyl (C=O) groups is 4.